The maximum absolute atomic E-state index is 10.6. The van der Waals surface area contributed by atoms with E-state index in [1.807, 2.05) is 0 Å². The van der Waals surface area contributed by atoms with E-state index < -0.39 is 0 Å². The third kappa shape index (κ3) is 3.70. The quantitative estimate of drug-likeness (QED) is 0.768. The molecule has 1 amide bonds. The second-order valence-electron chi connectivity index (χ2n) is 5.69. The highest BCUT2D eigenvalue weighted by molar-refractivity contribution is 5.73. The molecule has 0 atom stereocenters. The molecular formula is C15H22N2O2. The average Bonchev–Trinajstić information content (AvgIpc) is 2.63. The van der Waals surface area contributed by atoms with Gasteiger partial charge in [0.2, 0.25) is 5.91 Å². The van der Waals surface area contributed by atoms with Crippen LogP contribution in [0.25, 0.3) is 0 Å². The molecule has 0 aromatic heterocycles. The fourth-order valence-electron chi connectivity index (χ4n) is 2.43. The summed E-state index contributed by atoms with van der Waals surface area (Å²) < 4.78 is 6.01. The molecule has 0 saturated heterocycles. The van der Waals surface area contributed by atoms with Crippen molar-refractivity contribution in [3.8, 4) is 5.75 Å². The highest BCUT2D eigenvalue weighted by Gasteiger charge is 2.31. The van der Waals surface area contributed by atoms with Crippen LogP contribution in [0.1, 0.15) is 37.8 Å². The lowest BCUT2D eigenvalue weighted by atomic mass is 10.0. The van der Waals surface area contributed by atoms with Crippen LogP contribution < -0.4 is 15.8 Å². The van der Waals surface area contributed by atoms with E-state index in [2.05, 4.69) is 37.4 Å². The number of carbonyl (C=O) groups excluding carboxylic acids is 1. The van der Waals surface area contributed by atoms with Crippen molar-refractivity contribution >= 4 is 5.91 Å². The molecule has 1 aliphatic rings. The monoisotopic (exact) mass is 262 g/mol. The Bertz CT molecular complexity index is 469. The number of nitrogens with two attached hydrogens (primary N) is 1. The highest BCUT2D eigenvalue weighted by Crippen LogP contribution is 2.37. The first kappa shape index (κ1) is 13.9. The summed E-state index contributed by atoms with van der Waals surface area (Å²) in [6.07, 6.45) is 2.16. The van der Waals surface area contributed by atoms with Gasteiger partial charge in [-0.2, -0.15) is 0 Å². The summed E-state index contributed by atoms with van der Waals surface area (Å²) in [6.45, 7) is 5.77. The van der Waals surface area contributed by atoms with E-state index in [0.717, 1.165) is 31.7 Å². The lowest BCUT2D eigenvalue weighted by Gasteiger charge is -2.18. The molecule has 0 spiro atoms. The third-order valence-electron chi connectivity index (χ3n) is 3.26. The van der Waals surface area contributed by atoms with E-state index in [1.165, 1.54) is 11.1 Å². The summed E-state index contributed by atoms with van der Waals surface area (Å²) in [5.41, 5.74) is 7.46. The van der Waals surface area contributed by atoms with Crippen LogP contribution in [0.4, 0.5) is 0 Å². The van der Waals surface area contributed by atoms with Crippen LogP contribution in [0.15, 0.2) is 18.2 Å². The van der Waals surface area contributed by atoms with Crippen molar-refractivity contribution in [2.24, 2.45) is 5.73 Å². The minimum Gasteiger partial charge on any atom is -0.487 e. The lowest BCUT2D eigenvalue weighted by Crippen LogP contribution is -2.25. The largest absolute Gasteiger partial charge is 0.487 e. The normalized spacial score (nSPS) is 15.9. The summed E-state index contributed by atoms with van der Waals surface area (Å²) >= 11 is 0. The standard InChI is InChI=1S/C15H22N2O2/c1-15(2)9-11-5-3-6-12(14(11)19-15)10-17-8-4-7-13(16)18/h3,5-6,17H,4,7-10H2,1-2H3,(H2,16,18). The zero-order chi connectivity index (χ0) is 13.9. The van der Waals surface area contributed by atoms with Crippen LogP contribution in [-0.2, 0) is 17.8 Å². The number of hydrogen-bond acceptors (Lipinski definition) is 3. The number of nitrogens with one attached hydrogen (secondary N) is 1. The minimum atomic E-state index is -0.243. The topological polar surface area (TPSA) is 64.3 Å². The summed E-state index contributed by atoms with van der Waals surface area (Å²) in [5, 5.41) is 3.33. The van der Waals surface area contributed by atoms with Crippen molar-refractivity contribution < 1.29 is 9.53 Å². The van der Waals surface area contributed by atoms with E-state index >= 15 is 0 Å². The molecule has 0 radical (unpaired) electrons. The molecular weight excluding hydrogens is 240 g/mol. The summed E-state index contributed by atoms with van der Waals surface area (Å²) in [6, 6.07) is 6.28. The van der Waals surface area contributed by atoms with Gasteiger partial charge in [0, 0.05) is 24.9 Å². The number of hydrogen-bond donors (Lipinski definition) is 2. The first-order chi connectivity index (χ1) is 8.98. The summed E-state index contributed by atoms with van der Waals surface area (Å²) in [5.74, 6) is 0.780. The van der Waals surface area contributed by atoms with Gasteiger partial charge in [-0.25, -0.2) is 0 Å². The molecule has 104 valence electrons. The third-order valence-corrected chi connectivity index (χ3v) is 3.26. The Hall–Kier alpha value is -1.55. The second kappa shape index (κ2) is 5.61. The smallest absolute Gasteiger partial charge is 0.217 e. The van der Waals surface area contributed by atoms with Crippen LogP contribution in [0.3, 0.4) is 0 Å². The van der Waals surface area contributed by atoms with Gasteiger partial charge in [-0.3, -0.25) is 4.79 Å². The van der Waals surface area contributed by atoms with Crippen LogP contribution in [0.5, 0.6) is 5.75 Å². The molecule has 0 aliphatic carbocycles. The Morgan fingerprint density at radius 1 is 1.47 bits per heavy atom. The Kier molecular flexibility index (Phi) is 4.10. The van der Waals surface area contributed by atoms with E-state index in [-0.39, 0.29) is 11.5 Å². The molecule has 3 N–H and O–H groups in total. The van der Waals surface area contributed by atoms with Crippen LogP contribution in [0, 0.1) is 0 Å². The summed E-state index contributed by atoms with van der Waals surface area (Å²) in [7, 11) is 0. The van der Waals surface area contributed by atoms with Gasteiger partial charge in [0.25, 0.3) is 0 Å². The minimum absolute atomic E-state index is 0.107. The molecule has 19 heavy (non-hydrogen) atoms. The number of carbonyl (C=O) groups is 1. The number of para-hydroxylation sites is 1. The molecule has 1 aromatic rings. The molecule has 2 rings (SSSR count). The van der Waals surface area contributed by atoms with Gasteiger partial charge >= 0.3 is 0 Å². The van der Waals surface area contributed by atoms with Gasteiger partial charge in [0.15, 0.2) is 0 Å². The predicted molar refractivity (Wildman–Crippen MR) is 75.0 cm³/mol. The molecule has 1 aromatic carbocycles. The predicted octanol–water partition coefficient (Wildman–Crippen LogP) is 1.76. The highest BCUT2D eigenvalue weighted by atomic mass is 16.5. The fraction of sp³-hybridized carbons (Fsp3) is 0.533. The molecule has 0 unspecified atom stereocenters. The zero-order valence-electron chi connectivity index (χ0n) is 11.7. The van der Waals surface area contributed by atoms with Crippen molar-refractivity contribution in [2.45, 2.75) is 45.3 Å². The van der Waals surface area contributed by atoms with Crippen molar-refractivity contribution in [2.75, 3.05) is 6.54 Å². The van der Waals surface area contributed by atoms with Crippen molar-refractivity contribution in [3.63, 3.8) is 0 Å². The number of benzene rings is 1. The van der Waals surface area contributed by atoms with Crippen molar-refractivity contribution in [1.29, 1.82) is 0 Å². The van der Waals surface area contributed by atoms with E-state index in [1.54, 1.807) is 0 Å². The maximum Gasteiger partial charge on any atom is 0.217 e. The fourth-order valence-corrected chi connectivity index (χ4v) is 2.43. The first-order valence-corrected chi connectivity index (χ1v) is 6.77. The molecule has 1 aliphatic heterocycles. The van der Waals surface area contributed by atoms with Gasteiger partial charge in [-0.15, -0.1) is 0 Å². The number of ether oxygens (including phenoxy) is 1. The van der Waals surface area contributed by atoms with E-state index in [9.17, 15) is 4.79 Å². The number of amides is 1. The number of fused-ring (bicyclic) bond motifs is 1. The zero-order valence-corrected chi connectivity index (χ0v) is 11.7. The van der Waals surface area contributed by atoms with E-state index in [0.29, 0.717) is 6.42 Å². The Morgan fingerprint density at radius 2 is 2.26 bits per heavy atom. The molecule has 4 nitrogen and oxygen atoms in total. The average molecular weight is 262 g/mol. The molecule has 0 bridgehead atoms. The van der Waals surface area contributed by atoms with E-state index in [4.69, 9.17) is 10.5 Å². The lowest BCUT2D eigenvalue weighted by molar-refractivity contribution is -0.118. The first-order valence-electron chi connectivity index (χ1n) is 6.77. The Balaban J connectivity index is 1.89. The SMILES string of the molecule is CC1(C)Cc2cccc(CNCCCC(N)=O)c2O1. The molecule has 0 fully saturated rings. The van der Waals surface area contributed by atoms with Gasteiger partial charge in [-0.05, 0) is 32.4 Å². The van der Waals surface area contributed by atoms with Crippen LogP contribution in [0.2, 0.25) is 0 Å². The van der Waals surface area contributed by atoms with Crippen LogP contribution >= 0.6 is 0 Å². The second-order valence-corrected chi connectivity index (χ2v) is 5.69. The number of primary amides is 1. The summed E-state index contributed by atoms with van der Waals surface area (Å²) in [4.78, 5) is 10.6. The molecule has 0 saturated carbocycles. The Labute approximate surface area is 114 Å². The molecule has 1 heterocycles. The van der Waals surface area contributed by atoms with Gasteiger partial charge in [0.1, 0.15) is 11.4 Å². The number of rotatable bonds is 6. The van der Waals surface area contributed by atoms with Crippen LogP contribution in [-0.4, -0.2) is 18.1 Å². The van der Waals surface area contributed by atoms with Crippen molar-refractivity contribution in [3.05, 3.63) is 29.3 Å². The Morgan fingerprint density at radius 3 is 3.00 bits per heavy atom. The van der Waals surface area contributed by atoms with Gasteiger partial charge in [0.05, 0.1) is 0 Å². The van der Waals surface area contributed by atoms with Gasteiger partial charge in [-0.1, -0.05) is 18.2 Å². The van der Waals surface area contributed by atoms with Crippen molar-refractivity contribution in [1.82, 2.24) is 5.32 Å². The van der Waals surface area contributed by atoms with Gasteiger partial charge < -0.3 is 15.8 Å². The maximum atomic E-state index is 10.6. The molecule has 4 heteroatoms.